The summed E-state index contributed by atoms with van der Waals surface area (Å²) in [5.74, 6) is 1.74. The fourth-order valence-electron chi connectivity index (χ4n) is 2.85. The fourth-order valence-corrected chi connectivity index (χ4v) is 2.85. The second-order valence-corrected chi connectivity index (χ2v) is 6.42. The Kier molecular flexibility index (Phi) is 6.94. The van der Waals surface area contributed by atoms with Gasteiger partial charge in [0.15, 0.2) is 17.6 Å². The number of halogens is 1. The topological polar surface area (TPSA) is 60.0 Å². The van der Waals surface area contributed by atoms with Gasteiger partial charge in [0.25, 0.3) is 0 Å². The predicted molar refractivity (Wildman–Crippen MR) is 104 cm³/mol. The average Bonchev–Trinajstić information content (AvgIpc) is 2.72. The van der Waals surface area contributed by atoms with Crippen LogP contribution in [-0.4, -0.2) is 49.9 Å². The number of benzene rings is 2. The van der Waals surface area contributed by atoms with Crippen LogP contribution in [0.4, 0.5) is 9.18 Å². The summed E-state index contributed by atoms with van der Waals surface area (Å²) in [4.78, 5) is 14.1. The monoisotopic (exact) mass is 388 g/mol. The molecular weight excluding hydrogens is 363 g/mol. The summed E-state index contributed by atoms with van der Waals surface area (Å²) in [7, 11) is 0. The second kappa shape index (κ2) is 9.82. The van der Waals surface area contributed by atoms with Crippen molar-refractivity contribution in [1.82, 2.24) is 10.2 Å². The van der Waals surface area contributed by atoms with Gasteiger partial charge < -0.3 is 24.4 Å². The molecule has 2 aromatic carbocycles. The zero-order valence-electron chi connectivity index (χ0n) is 15.9. The molecule has 7 heteroatoms. The molecule has 1 N–H and O–H groups in total. The molecule has 1 aliphatic heterocycles. The number of likely N-dealkylation sites (N-methyl/N-ethyl adjacent to an activating group) is 1. The molecule has 0 aliphatic carbocycles. The predicted octanol–water partition coefficient (Wildman–Crippen LogP) is 3.47. The third-order valence-electron chi connectivity index (χ3n) is 4.34. The summed E-state index contributed by atoms with van der Waals surface area (Å²) >= 11 is 0. The number of hydrogen-bond donors (Lipinski definition) is 1. The summed E-state index contributed by atoms with van der Waals surface area (Å²) in [6, 6.07) is 13.2. The van der Waals surface area contributed by atoms with E-state index < -0.39 is 0 Å². The molecule has 0 saturated heterocycles. The highest BCUT2D eigenvalue weighted by Crippen LogP contribution is 2.31. The molecule has 2 aromatic rings. The molecule has 0 radical (unpaired) electrons. The smallest absolute Gasteiger partial charge is 0.317 e. The molecule has 1 atom stereocenters. The quantitative estimate of drug-likeness (QED) is 0.704. The van der Waals surface area contributed by atoms with Gasteiger partial charge in [-0.2, -0.15) is 0 Å². The van der Waals surface area contributed by atoms with E-state index in [1.54, 1.807) is 17.0 Å². The molecule has 0 saturated carbocycles. The van der Waals surface area contributed by atoms with Gasteiger partial charge in [0.05, 0.1) is 13.2 Å². The summed E-state index contributed by atoms with van der Waals surface area (Å²) < 4.78 is 30.0. The van der Waals surface area contributed by atoms with E-state index >= 15 is 0 Å². The third-order valence-corrected chi connectivity index (χ3v) is 4.34. The zero-order valence-corrected chi connectivity index (χ0v) is 15.9. The number of fused-ring (bicyclic) bond motifs is 1. The van der Waals surface area contributed by atoms with E-state index in [1.165, 1.54) is 12.1 Å². The molecule has 28 heavy (non-hydrogen) atoms. The number of carbonyl (C=O) groups excluding carboxylic acids is 1. The first-order chi connectivity index (χ1) is 13.7. The number of urea groups is 1. The van der Waals surface area contributed by atoms with Gasteiger partial charge in [-0.25, -0.2) is 9.18 Å². The minimum absolute atomic E-state index is 0.147. The van der Waals surface area contributed by atoms with E-state index in [-0.39, 0.29) is 18.0 Å². The molecule has 0 bridgehead atoms. The Morgan fingerprint density at radius 2 is 1.96 bits per heavy atom. The Bertz CT molecular complexity index is 769. The average molecular weight is 388 g/mol. The van der Waals surface area contributed by atoms with Crippen LogP contribution < -0.4 is 19.5 Å². The van der Waals surface area contributed by atoms with Gasteiger partial charge in [0.1, 0.15) is 18.2 Å². The SMILES string of the molecule is CCN(CC1COc2ccccc2O1)C(=O)NCCCOc1ccc(F)cc1. The summed E-state index contributed by atoms with van der Waals surface area (Å²) in [6.07, 6.45) is 0.444. The van der Waals surface area contributed by atoms with Gasteiger partial charge >= 0.3 is 6.03 Å². The summed E-state index contributed by atoms with van der Waals surface area (Å²) in [5.41, 5.74) is 0. The van der Waals surface area contributed by atoms with Gasteiger partial charge in [-0.1, -0.05) is 12.1 Å². The van der Waals surface area contributed by atoms with Crippen LogP contribution >= 0.6 is 0 Å². The number of amides is 2. The molecule has 6 nitrogen and oxygen atoms in total. The Morgan fingerprint density at radius 1 is 1.21 bits per heavy atom. The summed E-state index contributed by atoms with van der Waals surface area (Å²) in [6.45, 7) is 4.28. The normalized spacial score (nSPS) is 15.0. The standard InChI is InChI=1S/C21H25FN2O4/c1-2-24(14-18-15-27-19-6-3-4-7-20(19)28-18)21(25)23-12-5-13-26-17-10-8-16(22)9-11-17/h3-4,6-11,18H,2,5,12-15H2,1H3,(H,23,25). The maximum atomic E-state index is 12.8. The molecule has 1 unspecified atom stereocenters. The van der Waals surface area contributed by atoms with Gasteiger partial charge in [0, 0.05) is 13.1 Å². The number of hydrogen-bond acceptors (Lipinski definition) is 4. The highest BCUT2D eigenvalue weighted by atomic mass is 19.1. The molecule has 1 aliphatic rings. The molecule has 0 aromatic heterocycles. The van der Waals surface area contributed by atoms with Crippen molar-refractivity contribution in [3.05, 3.63) is 54.3 Å². The molecule has 2 amide bonds. The van der Waals surface area contributed by atoms with Gasteiger partial charge in [-0.05, 0) is 49.7 Å². The Hall–Kier alpha value is -2.96. The number of ether oxygens (including phenoxy) is 3. The Balaban J connectivity index is 1.37. The van der Waals surface area contributed by atoms with Crippen molar-refractivity contribution in [2.75, 3.05) is 32.8 Å². The lowest BCUT2D eigenvalue weighted by atomic mass is 10.2. The van der Waals surface area contributed by atoms with Crippen molar-refractivity contribution in [2.45, 2.75) is 19.4 Å². The first-order valence-electron chi connectivity index (χ1n) is 9.45. The van der Waals surface area contributed by atoms with E-state index in [0.29, 0.717) is 50.8 Å². The Labute approximate surface area is 164 Å². The largest absolute Gasteiger partial charge is 0.494 e. The van der Waals surface area contributed by atoms with E-state index in [4.69, 9.17) is 14.2 Å². The lowest BCUT2D eigenvalue weighted by Crippen LogP contribution is -2.47. The first-order valence-corrected chi connectivity index (χ1v) is 9.45. The van der Waals surface area contributed by atoms with E-state index in [2.05, 4.69) is 5.32 Å². The zero-order chi connectivity index (χ0) is 19.8. The van der Waals surface area contributed by atoms with Crippen LogP contribution in [0.3, 0.4) is 0 Å². The van der Waals surface area contributed by atoms with E-state index in [0.717, 1.165) is 5.75 Å². The maximum Gasteiger partial charge on any atom is 0.317 e. The fraction of sp³-hybridized carbons (Fsp3) is 0.381. The van der Waals surface area contributed by atoms with Crippen LogP contribution in [-0.2, 0) is 0 Å². The highest BCUT2D eigenvalue weighted by Gasteiger charge is 2.24. The molecule has 1 heterocycles. The maximum absolute atomic E-state index is 12.8. The number of nitrogens with one attached hydrogen (secondary N) is 1. The van der Waals surface area contributed by atoms with Crippen molar-refractivity contribution >= 4 is 6.03 Å². The number of nitrogens with zero attached hydrogens (tertiary/aromatic N) is 1. The highest BCUT2D eigenvalue weighted by molar-refractivity contribution is 5.74. The number of carbonyl (C=O) groups is 1. The van der Waals surface area contributed by atoms with Crippen LogP contribution in [0.25, 0.3) is 0 Å². The van der Waals surface area contributed by atoms with E-state index in [9.17, 15) is 9.18 Å². The van der Waals surface area contributed by atoms with E-state index in [1.807, 2.05) is 31.2 Å². The van der Waals surface area contributed by atoms with Crippen LogP contribution in [0.15, 0.2) is 48.5 Å². The second-order valence-electron chi connectivity index (χ2n) is 6.42. The van der Waals surface area contributed by atoms with Gasteiger partial charge in [-0.3, -0.25) is 0 Å². The van der Waals surface area contributed by atoms with Crippen LogP contribution in [0.1, 0.15) is 13.3 Å². The molecule has 0 spiro atoms. The van der Waals surface area contributed by atoms with Crippen molar-refractivity contribution < 1.29 is 23.4 Å². The minimum atomic E-state index is -0.296. The van der Waals surface area contributed by atoms with Crippen molar-refractivity contribution in [2.24, 2.45) is 0 Å². The number of rotatable bonds is 8. The lowest BCUT2D eigenvalue weighted by molar-refractivity contribution is 0.0675. The molecule has 3 rings (SSSR count). The van der Waals surface area contributed by atoms with Crippen molar-refractivity contribution in [3.8, 4) is 17.2 Å². The van der Waals surface area contributed by atoms with Crippen molar-refractivity contribution in [1.29, 1.82) is 0 Å². The number of para-hydroxylation sites is 2. The third kappa shape index (κ3) is 5.52. The van der Waals surface area contributed by atoms with Crippen LogP contribution in [0.2, 0.25) is 0 Å². The molecule has 0 fully saturated rings. The summed E-state index contributed by atoms with van der Waals surface area (Å²) in [5, 5.41) is 2.89. The Morgan fingerprint density at radius 3 is 2.71 bits per heavy atom. The van der Waals surface area contributed by atoms with Gasteiger partial charge in [0.2, 0.25) is 0 Å². The van der Waals surface area contributed by atoms with Crippen LogP contribution in [0, 0.1) is 5.82 Å². The molecule has 150 valence electrons. The van der Waals surface area contributed by atoms with Crippen LogP contribution in [0.5, 0.6) is 17.2 Å². The molecular formula is C21H25FN2O4. The lowest BCUT2D eigenvalue weighted by Gasteiger charge is -2.31. The minimum Gasteiger partial charge on any atom is -0.494 e. The van der Waals surface area contributed by atoms with Gasteiger partial charge in [-0.15, -0.1) is 0 Å². The first kappa shape index (κ1) is 19.8. The van der Waals surface area contributed by atoms with Crippen molar-refractivity contribution in [3.63, 3.8) is 0 Å².